The van der Waals surface area contributed by atoms with Gasteiger partial charge in [0.15, 0.2) is 11.5 Å². The molecule has 1 aliphatic heterocycles. The Kier molecular flexibility index (Phi) is 5.75. The van der Waals surface area contributed by atoms with Gasteiger partial charge in [0.1, 0.15) is 5.75 Å². The fourth-order valence-electron chi connectivity index (χ4n) is 4.08. The number of methoxy groups -OCH3 is 1. The third-order valence-corrected chi connectivity index (χ3v) is 5.43. The highest BCUT2D eigenvalue weighted by Gasteiger charge is 2.21. The Morgan fingerprint density at radius 3 is 2.46 bits per heavy atom. The Bertz CT molecular complexity index is 780. The number of benzene rings is 2. The first kappa shape index (κ1) is 18.6. The van der Waals surface area contributed by atoms with Crippen LogP contribution in [0.3, 0.4) is 0 Å². The van der Waals surface area contributed by atoms with Gasteiger partial charge < -0.3 is 14.2 Å². The van der Waals surface area contributed by atoms with E-state index in [1.54, 1.807) is 7.11 Å². The summed E-state index contributed by atoms with van der Waals surface area (Å²) in [6.45, 7) is 9.25. The molecule has 2 aromatic carbocycles. The molecule has 1 unspecified atom stereocenters. The first-order valence-electron chi connectivity index (χ1n) is 9.66. The van der Waals surface area contributed by atoms with E-state index in [2.05, 4.69) is 52.0 Å². The van der Waals surface area contributed by atoms with Gasteiger partial charge in [0, 0.05) is 0 Å². The Morgan fingerprint density at radius 1 is 1.08 bits per heavy atom. The Morgan fingerprint density at radius 2 is 1.81 bits per heavy atom. The summed E-state index contributed by atoms with van der Waals surface area (Å²) in [6.07, 6.45) is 4.23. The minimum atomic E-state index is 0.330. The van der Waals surface area contributed by atoms with Gasteiger partial charge in [0.05, 0.1) is 7.11 Å². The zero-order chi connectivity index (χ0) is 18.7. The van der Waals surface area contributed by atoms with Crippen molar-refractivity contribution in [1.82, 2.24) is 0 Å². The van der Waals surface area contributed by atoms with E-state index in [1.165, 1.54) is 27.8 Å². The molecule has 26 heavy (non-hydrogen) atoms. The van der Waals surface area contributed by atoms with Gasteiger partial charge in [-0.2, -0.15) is 0 Å². The van der Waals surface area contributed by atoms with Crippen molar-refractivity contribution >= 4 is 0 Å². The monoisotopic (exact) mass is 354 g/mol. The summed E-state index contributed by atoms with van der Waals surface area (Å²) in [7, 11) is 1.74. The molecule has 1 atom stereocenters. The SMILES string of the molecule is CCCc1cc2c(cc1C(C)Cc1ccc(OC)c(C)c1CC)OCO2. The second-order valence-electron chi connectivity index (χ2n) is 7.14. The fraction of sp³-hybridized carbons (Fsp3) is 0.478. The molecule has 0 radical (unpaired) electrons. The molecule has 0 aromatic heterocycles. The van der Waals surface area contributed by atoms with E-state index in [4.69, 9.17) is 14.2 Å². The molecule has 0 aliphatic carbocycles. The van der Waals surface area contributed by atoms with E-state index < -0.39 is 0 Å². The molecule has 0 bridgehead atoms. The van der Waals surface area contributed by atoms with E-state index in [9.17, 15) is 0 Å². The second-order valence-corrected chi connectivity index (χ2v) is 7.14. The lowest BCUT2D eigenvalue weighted by Crippen LogP contribution is -2.06. The summed E-state index contributed by atoms with van der Waals surface area (Å²) in [4.78, 5) is 0. The molecule has 3 heteroatoms. The summed E-state index contributed by atoms with van der Waals surface area (Å²) >= 11 is 0. The summed E-state index contributed by atoms with van der Waals surface area (Å²) in [5, 5.41) is 0. The van der Waals surface area contributed by atoms with Gasteiger partial charge in [-0.25, -0.2) is 0 Å². The van der Waals surface area contributed by atoms with Gasteiger partial charge in [0.2, 0.25) is 6.79 Å². The number of rotatable bonds is 7. The van der Waals surface area contributed by atoms with Crippen LogP contribution in [0.5, 0.6) is 17.2 Å². The molecule has 0 spiro atoms. The van der Waals surface area contributed by atoms with Crippen LogP contribution in [0.15, 0.2) is 24.3 Å². The lowest BCUT2D eigenvalue weighted by atomic mass is 9.85. The number of ether oxygens (including phenoxy) is 3. The van der Waals surface area contributed by atoms with Crippen molar-refractivity contribution < 1.29 is 14.2 Å². The van der Waals surface area contributed by atoms with Crippen molar-refractivity contribution in [1.29, 1.82) is 0 Å². The van der Waals surface area contributed by atoms with E-state index in [0.717, 1.165) is 42.9 Å². The maximum Gasteiger partial charge on any atom is 0.231 e. The van der Waals surface area contributed by atoms with E-state index in [1.807, 2.05) is 0 Å². The summed E-state index contributed by atoms with van der Waals surface area (Å²) in [5.74, 6) is 3.17. The van der Waals surface area contributed by atoms with Crippen molar-refractivity contribution in [2.75, 3.05) is 13.9 Å². The minimum Gasteiger partial charge on any atom is -0.496 e. The third kappa shape index (κ3) is 3.53. The summed E-state index contributed by atoms with van der Waals surface area (Å²) in [5.41, 5.74) is 6.85. The molecule has 0 saturated heterocycles. The lowest BCUT2D eigenvalue weighted by Gasteiger charge is -2.20. The minimum absolute atomic E-state index is 0.330. The van der Waals surface area contributed by atoms with Gasteiger partial charge in [-0.1, -0.05) is 33.3 Å². The summed E-state index contributed by atoms with van der Waals surface area (Å²) in [6, 6.07) is 8.70. The molecule has 0 fully saturated rings. The van der Waals surface area contributed by atoms with Crippen LogP contribution in [0.25, 0.3) is 0 Å². The van der Waals surface area contributed by atoms with Crippen molar-refractivity contribution in [3.63, 3.8) is 0 Å². The Labute approximate surface area is 157 Å². The molecule has 0 N–H and O–H groups in total. The van der Waals surface area contributed by atoms with Crippen LogP contribution in [-0.4, -0.2) is 13.9 Å². The molecule has 0 saturated carbocycles. The predicted molar refractivity (Wildman–Crippen MR) is 106 cm³/mol. The van der Waals surface area contributed by atoms with Crippen molar-refractivity contribution in [2.24, 2.45) is 0 Å². The fourth-order valence-corrected chi connectivity index (χ4v) is 4.08. The average Bonchev–Trinajstić information content (AvgIpc) is 3.09. The van der Waals surface area contributed by atoms with Crippen LogP contribution in [0.4, 0.5) is 0 Å². The Hall–Kier alpha value is -2.16. The highest BCUT2D eigenvalue weighted by Crippen LogP contribution is 2.39. The first-order valence-corrected chi connectivity index (χ1v) is 9.66. The first-order chi connectivity index (χ1) is 12.6. The van der Waals surface area contributed by atoms with E-state index in [0.29, 0.717) is 12.7 Å². The third-order valence-electron chi connectivity index (χ3n) is 5.43. The molecule has 1 heterocycles. The molecule has 0 amide bonds. The molecule has 2 aromatic rings. The maximum absolute atomic E-state index is 5.63. The highest BCUT2D eigenvalue weighted by atomic mass is 16.7. The quantitative estimate of drug-likeness (QED) is 0.648. The van der Waals surface area contributed by atoms with Crippen LogP contribution in [0.1, 0.15) is 60.9 Å². The largest absolute Gasteiger partial charge is 0.496 e. The van der Waals surface area contributed by atoms with Crippen LogP contribution in [0, 0.1) is 6.92 Å². The Balaban J connectivity index is 1.93. The highest BCUT2D eigenvalue weighted by molar-refractivity contribution is 5.51. The molecular formula is C23H30O3. The number of hydrogen-bond acceptors (Lipinski definition) is 3. The standard InChI is InChI=1S/C23H30O3/c1-6-8-17-12-22-23(26-14-25-22)13-20(17)15(3)11-18-9-10-21(24-5)16(4)19(18)7-2/h9-10,12-13,15H,6-8,11,14H2,1-5H3. The maximum atomic E-state index is 5.63. The lowest BCUT2D eigenvalue weighted by molar-refractivity contribution is 0.174. The van der Waals surface area contributed by atoms with Gasteiger partial charge in [-0.15, -0.1) is 0 Å². The molecule has 3 nitrogen and oxygen atoms in total. The smallest absolute Gasteiger partial charge is 0.231 e. The van der Waals surface area contributed by atoms with Crippen LogP contribution in [0.2, 0.25) is 0 Å². The average molecular weight is 354 g/mol. The normalized spacial score (nSPS) is 13.7. The van der Waals surface area contributed by atoms with Gasteiger partial charge in [0.25, 0.3) is 0 Å². The molecule has 1 aliphatic rings. The van der Waals surface area contributed by atoms with Crippen molar-refractivity contribution in [3.8, 4) is 17.2 Å². The van der Waals surface area contributed by atoms with Crippen molar-refractivity contribution in [3.05, 3.63) is 52.1 Å². The summed E-state index contributed by atoms with van der Waals surface area (Å²) < 4.78 is 16.7. The molecular weight excluding hydrogens is 324 g/mol. The van der Waals surface area contributed by atoms with Crippen LogP contribution < -0.4 is 14.2 Å². The number of aryl methyl sites for hydroxylation is 1. The van der Waals surface area contributed by atoms with Crippen LogP contribution in [-0.2, 0) is 19.3 Å². The number of hydrogen-bond donors (Lipinski definition) is 0. The van der Waals surface area contributed by atoms with E-state index in [-0.39, 0.29) is 0 Å². The van der Waals surface area contributed by atoms with Gasteiger partial charge >= 0.3 is 0 Å². The zero-order valence-electron chi connectivity index (χ0n) is 16.6. The van der Waals surface area contributed by atoms with Gasteiger partial charge in [-0.05, 0) is 78.1 Å². The number of fused-ring (bicyclic) bond motifs is 1. The van der Waals surface area contributed by atoms with Crippen molar-refractivity contribution in [2.45, 2.75) is 59.3 Å². The zero-order valence-corrected chi connectivity index (χ0v) is 16.6. The van der Waals surface area contributed by atoms with E-state index >= 15 is 0 Å². The predicted octanol–water partition coefficient (Wildman–Crippen LogP) is 5.59. The van der Waals surface area contributed by atoms with Crippen LogP contribution >= 0.6 is 0 Å². The van der Waals surface area contributed by atoms with Gasteiger partial charge in [-0.3, -0.25) is 0 Å². The second kappa shape index (κ2) is 8.03. The topological polar surface area (TPSA) is 27.7 Å². The molecule has 140 valence electrons. The molecule has 3 rings (SSSR count).